The van der Waals surface area contributed by atoms with Gasteiger partial charge < -0.3 is 15.4 Å². The van der Waals surface area contributed by atoms with Gasteiger partial charge in [-0.15, -0.1) is 0 Å². The number of hydrogen-bond acceptors (Lipinski definition) is 4. The smallest absolute Gasteiger partial charge is 0.328 e. The lowest BCUT2D eigenvalue weighted by Crippen LogP contribution is -2.38. The van der Waals surface area contributed by atoms with Gasteiger partial charge in [-0.1, -0.05) is 12.1 Å². The first-order valence-electron chi connectivity index (χ1n) is 9.83. The Morgan fingerprint density at radius 1 is 1.03 bits per heavy atom. The Bertz CT molecular complexity index is 1140. The van der Waals surface area contributed by atoms with Crippen molar-refractivity contribution in [1.82, 2.24) is 9.55 Å². The summed E-state index contributed by atoms with van der Waals surface area (Å²) in [6.07, 6.45) is 3.00. The van der Waals surface area contributed by atoms with Crippen molar-refractivity contribution in [3.8, 4) is 5.75 Å². The fourth-order valence-corrected chi connectivity index (χ4v) is 4.02. The lowest BCUT2D eigenvalue weighted by atomic mass is 9.81. The van der Waals surface area contributed by atoms with E-state index in [2.05, 4.69) is 10.3 Å². The molecule has 150 valence electrons. The Morgan fingerprint density at radius 2 is 1.72 bits per heavy atom. The second-order valence-electron chi connectivity index (χ2n) is 7.65. The normalized spacial score (nSPS) is 19.2. The number of anilines is 1. The number of phenolic OH excluding ortho intramolecular Hbond substituents is 1. The van der Waals surface area contributed by atoms with E-state index in [9.17, 15) is 19.5 Å². The zero-order valence-corrected chi connectivity index (χ0v) is 15.9. The molecule has 1 amide bonds. The molecule has 0 spiro atoms. The van der Waals surface area contributed by atoms with Gasteiger partial charge in [-0.05, 0) is 68.0 Å². The Kier molecular flexibility index (Phi) is 5.20. The molecule has 1 aromatic heterocycles. The highest BCUT2D eigenvalue weighted by molar-refractivity contribution is 5.92. The van der Waals surface area contributed by atoms with Crippen LogP contribution in [0.3, 0.4) is 0 Å². The number of carbonyl (C=O) groups excluding carboxylic acids is 1. The summed E-state index contributed by atoms with van der Waals surface area (Å²) in [6.45, 7) is 0.366. The Hall–Kier alpha value is -3.35. The maximum Gasteiger partial charge on any atom is 0.328 e. The molecule has 0 aliphatic heterocycles. The molecule has 1 saturated carbocycles. The van der Waals surface area contributed by atoms with Crippen LogP contribution >= 0.6 is 0 Å². The van der Waals surface area contributed by atoms with Crippen LogP contribution in [-0.2, 0) is 11.3 Å². The number of nitrogens with one attached hydrogen (secondary N) is 2. The van der Waals surface area contributed by atoms with Gasteiger partial charge in [-0.25, -0.2) is 4.79 Å². The van der Waals surface area contributed by atoms with E-state index < -0.39 is 0 Å². The van der Waals surface area contributed by atoms with Gasteiger partial charge in [0.15, 0.2) is 0 Å². The molecular weight excluding hydrogens is 370 g/mol. The van der Waals surface area contributed by atoms with Gasteiger partial charge in [-0.2, -0.15) is 0 Å². The first-order valence-corrected chi connectivity index (χ1v) is 9.83. The number of nitrogens with zero attached hydrogens (tertiary/aromatic N) is 1. The summed E-state index contributed by atoms with van der Waals surface area (Å²) in [4.78, 5) is 40.3. The van der Waals surface area contributed by atoms with Crippen LogP contribution in [0.4, 0.5) is 5.69 Å². The number of amides is 1. The number of para-hydroxylation sites is 1. The largest absolute Gasteiger partial charge is 0.508 e. The van der Waals surface area contributed by atoms with Crippen LogP contribution in [0.15, 0.2) is 58.1 Å². The van der Waals surface area contributed by atoms with Gasteiger partial charge >= 0.3 is 5.69 Å². The number of aromatic amines is 1. The molecule has 4 rings (SSSR count). The minimum absolute atomic E-state index is 0.0325. The number of H-pyrrole nitrogens is 1. The standard InChI is InChI=1S/C22H23N3O4/c26-17-11-9-16(10-12-17)23-20(27)15-7-5-14(6-8-15)13-25-21(28)18-3-1-2-4-19(18)24-22(25)29/h1-4,9-12,14-15,26H,5-8,13H2,(H,23,27)(H,24,29). The van der Waals surface area contributed by atoms with E-state index >= 15 is 0 Å². The summed E-state index contributed by atoms with van der Waals surface area (Å²) in [5.74, 6) is 0.219. The van der Waals surface area contributed by atoms with E-state index in [-0.39, 0.29) is 34.7 Å². The van der Waals surface area contributed by atoms with Crippen molar-refractivity contribution in [1.29, 1.82) is 0 Å². The third kappa shape index (κ3) is 4.08. The SMILES string of the molecule is O=C(Nc1ccc(O)cc1)C1CCC(Cn2c(=O)[nH]c3ccccc3c2=O)CC1. The van der Waals surface area contributed by atoms with Crippen LogP contribution in [0.1, 0.15) is 25.7 Å². The molecule has 0 atom stereocenters. The second-order valence-corrected chi connectivity index (χ2v) is 7.65. The van der Waals surface area contributed by atoms with Gasteiger partial charge in [0.1, 0.15) is 5.75 Å². The van der Waals surface area contributed by atoms with E-state index in [1.807, 2.05) is 0 Å². The summed E-state index contributed by atoms with van der Waals surface area (Å²) >= 11 is 0. The van der Waals surface area contributed by atoms with E-state index in [0.29, 0.717) is 23.1 Å². The van der Waals surface area contributed by atoms with Crippen LogP contribution in [0.2, 0.25) is 0 Å². The number of hydrogen-bond donors (Lipinski definition) is 3. The van der Waals surface area contributed by atoms with Crippen LogP contribution in [-0.4, -0.2) is 20.6 Å². The Labute approximate surface area is 167 Å². The van der Waals surface area contributed by atoms with Crippen LogP contribution in [0.25, 0.3) is 10.9 Å². The number of benzene rings is 2. The lowest BCUT2D eigenvalue weighted by molar-refractivity contribution is -0.121. The van der Waals surface area contributed by atoms with Crippen molar-refractivity contribution in [2.75, 3.05) is 5.32 Å². The van der Waals surface area contributed by atoms with Gasteiger partial charge in [0, 0.05) is 18.2 Å². The minimum atomic E-state index is -0.388. The molecule has 7 heteroatoms. The molecule has 1 heterocycles. The van der Waals surface area contributed by atoms with Crippen molar-refractivity contribution in [3.05, 3.63) is 69.4 Å². The van der Waals surface area contributed by atoms with Gasteiger partial charge in [0.2, 0.25) is 5.91 Å². The fraction of sp³-hybridized carbons (Fsp3) is 0.318. The summed E-state index contributed by atoms with van der Waals surface area (Å²) in [7, 11) is 0. The van der Waals surface area contributed by atoms with Crippen LogP contribution < -0.4 is 16.6 Å². The predicted molar refractivity (Wildman–Crippen MR) is 111 cm³/mol. The van der Waals surface area contributed by atoms with Crippen LogP contribution in [0, 0.1) is 11.8 Å². The molecule has 0 unspecified atom stereocenters. The average molecular weight is 393 g/mol. The van der Waals surface area contributed by atoms with Crippen molar-refractivity contribution in [2.24, 2.45) is 11.8 Å². The summed E-state index contributed by atoms with van der Waals surface area (Å²) in [5.41, 5.74) is 0.551. The Morgan fingerprint density at radius 3 is 2.45 bits per heavy atom. The molecule has 29 heavy (non-hydrogen) atoms. The fourth-order valence-electron chi connectivity index (χ4n) is 4.02. The highest BCUT2D eigenvalue weighted by Crippen LogP contribution is 2.30. The number of fused-ring (bicyclic) bond motifs is 1. The quantitative estimate of drug-likeness (QED) is 0.593. The number of carbonyl (C=O) groups is 1. The highest BCUT2D eigenvalue weighted by Gasteiger charge is 2.27. The zero-order valence-electron chi connectivity index (χ0n) is 15.9. The van der Waals surface area contributed by atoms with Gasteiger partial charge in [0.25, 0.3) is 5.56 Å². The molecule has 1 fully saturated rings. The number of aromatic nitrogens is 2. The topological polar surface area (TPSA) is 104 Å². The molecular formula is C22H23N3O4. The van der Waals surface area contributed by atoms with Gasteiger partial charge in [-0.3, -0.25) is 14.2 Å². The number of rotatable bonds is 4. The average Bonchev–Trinajstić information content (AvgIpc) is 2.73. The van der Waals surface area contributed by atoms with Crippen molar-refractivity contribution < 1.29 is 9.90 Å². The van der Waals surface area contributed by atoms with Crippen molar-refractivity contribution >= 4 is 22.5 Å². The van der Waals surface area contributed by atoms with E-state index in [1.165, 1.54) is 16.7 Å². The summed E-state index contributed by atoms with van der Waals surface area (Å²) in [6, 6.07) is 13.4. The molecule has 3 N–H and O–H groups in total. The first-order chi connectivity index (χ1) is 14.0. The highest BCUT2D eigenvalue weighted by atomic mass is 16.3. The second kappa shape index (κ2) is 7.95. The first kappa shape index (κ1) is 19.0. The minimum Gasteiger partial charge on any atom is -0.508 e. The number of aromatic hydroxyl groups is 1. The molecule has 1 aliphatic rings. The molecule has 0 saturated heterocycles. The van der Waals surface area contributed by atoms with E-state index in [0.717, 1.165) is 25.7 Å². The molecule has 3 aromatic rings. The zero-order chi connectivity index (χ0) is 20.4. The predicted octanol–water partition coefficient (Wildman–Crippen LogP) is 2.84. The molecule has 0 radical (unpaired) electrons. The van der Waals surface area contributed by atoms with E-state index in [4.69, 9.17) is 0 Å². The monoisotopic (exact) mass is 393 g/mol. The summed E-state index contributed by atoms with van der Waals surface area (Å²) < 4.78 is 1.28. The molecule has 2 aromatic carbocycles. The Balaban J connectivity index is 1.39. The van der Waals surface area contributed by atoms with Crippen molar-refractivity contribution in [3.63, 3.8) is 0 Å². The molecule has 1 aliphatic carbocycles. The summed E-state index contributed by atoms with van der Waals surface area (Å²) in [5, 5.41) is 12.7. The lowest BCUT2D eigenvalue weighted by Gasteiger charge is -2.28. The van der Waals surface area contributed by atoms with Gasteiger partial charge in [0.05, 0.1) is 10.9 Å². The molecule has 7 nitrogen and oxygen atoms in total. The van der Waals surface area contributed by atoms with Crippen LogP contribution in [0.5, 0.6) is 5.75 Å². The third-order valence-corrected chi connectivity index (χ3v) is 5.68. The van der Waals surface area contributed by atoms with Crippen molar-refractivity contribution in [2.45, 2.75) is 32.2 Å². The maximum atomic E-state index is 12.7. The third-order valence-electron chi connectivity index (χ3n) is 5.68. The number of phenols is 1. The maximum absolute atomic E-state index is 12.7. The van der Waals surface area contributed by atoms with E-state index in [1.54, 1.807) is 36.4 Å². The molecule has 0 bridgehead atoms.